The monoisotopic (exact) mass is 259 g/mol. The molecule has 2 aliphatic rings. The second-order valence-electron chi connectivity index (χ2n) is 6.12. The molecule has 0 spiro atoms. The molecule has 1 aliphatic heterocycles. The average Bonchev–Trinajstić information content (AvgIpc) is 2.47. The summed E-state index contributed by atoms with van der Waals surface area (Å²) in [6.45, 7) is 3.65. The van der Waals surface area contributed by atoms with Crippen molar-refractivity contribution >= 4 is 0 Å². The lowest BCUT2D eigenvalue weighted by molar-refractivity contribution is 0.187. The van der Waals surface area contributed by atoms with Gasteiger partial charge in [-0.3, -0.25) is 4.90 Å². The van der Waals surface area contributed by atoms with E-state index in [1.807, 2.05) is 0 Å². The third-order valence-electron chi connectivity index (χ3n) is 4.75. The molecule has 2 nitrogen and oxygen atoms in total. The van der Waals surface area contributed by atoms with Crippen LogP contribution in [0.4, 0.5) is 0 Å². The number of fused-ring (bicyclic) bond motifs is 1. The van der Waals surface area contributed by atoms with E-state index in [0.29, 0.717) is 0 Å². The van der Waals surface area contributed by atoms with Gasteiger partial charge in [0, 0.05) is 19.6 Å². The number of rotatable bonds is 3. The van der Waals surface area contributed by atoms with Crippen molar-refractivity contribution in [1.82, 2.24) is 4.90 Å². The van der Waals surface area contributed by atoms with E-state index in [-0.39, 0.29) is 0 Å². The van der Waals surface area contributed by atoms with Crippen LogP contribution in [0.2, 0.25) is 0 Å². The molecule has 1 saturated carbocycles. The van der Waals surface area contributed by atoms with Crippen LogP contribution in [0.1, 0.15) is 43.2 Å². The Kier molecular flexibility index (Phi) is 4.07. The van der Waals surface area contributed by atoms with E-state index in [1.54, 1.807) is 7.11 Å². The number of hydrogen-bond donors (Lipinski definition) is 0. The quantitative estimate of drug-likeness (QED) is 0.822. The lowest BCUT2D eigenvalue weighted by Crippen LogP contribution is -2.35. The topological polar surface area (TPSA) is 12.5 Å². The van der Waals surface area contributed by atoms with Gasteiger partial charge in [-0.2, -0.15) is 0 Å². The number of methoxy groups -OCH3 is 1. The summed E-state index contributed by atoms with van der Waals surface area (Å²) in [5, 5.41) is 0. The lowest BCUT2D eigenvalue weighted by atomic mass is 9.88. The molecule has 1 aliphatic carbocycles. The van der Waals surface area contributed by atoms with Crippen LogP contribution in [0.15, 0.2) is 18.2 Å². The molecule has 2 heteroatoms. The molecular weight excluding hydrogens is 234 g/mol. The highest BCUT2D eigenvalue weighted by atomic mass is 16.5. The van der Waals surface area contributed by atoms with Crippen LogP contribution in [-0.2, 0) is 13.0 Å². The highest BCUT2D eigenvalue weighted by Crippen LogP contribution is 2.28. The number of hydrogen-bond acceptors (Lipinski definition) is 2. The predicted octanol–water partition coefficient (Wildman–Crippen LogP) is 3.63. The Morgan fingerprint density at radius 2 is 2.00 bits per heavy atom. The molecule has 1 heterocycles. The van der Waals surface area contributed by atoms with Crippen LogP contribution >= 0.6 is 0 Å². The third-order valence-corrected chi connectivity index (χ3v) is 4.75. The van der Waals surface area contributed by atoms with Crippen molar-refractivity contribution in [2.45, 2.75) is 45.1 Å². The van der Waals surface area contributed by atoms with Gasteiger partial charge in [0.05, 0.1) is 7.11 Å². The Bertz CT molecular complexity index is 423. The molecule has 0 N–H and O–H groups in total. The van der Waals surface area contributed by atoms with Gasteiger partial charge in [-0.05, 0) is 48.4 Å². The largest absolute Gasteiger partial charge is 0.497 e. The molecule has 3 rings (SSSR count). The van der Waals surface area contributed by atoms with E-state index in [4.69, 9.17) is 4.74 Å². The molecule has 0 bridgehead atoms. The summed E-state index contributed by atoms with van der Waals surface area (Å²) >= 11 is 0. The van der Waals surface area contributed by atoms with Gasteiger partial charge in [0.25, 0.3) is 0 Å². The number of ether oxygens (including phenoxy) is 1. The molecule has 1 aromatic carbocycles. The molecule has 19 heavy (non-hydrogen) atoms. The summed E-state index contributed by atoms with van der Waals surface area (Å²) in [5.74, 6) is 1.94. The SMILES string of the molecule is COc1ccc2c(c1)CN(CC1CCCCC1)CC2. The van der Waals surface area contributed by atoms with Crippen molar-refractivity contribution in [3.8, 4) is 5.75 Å². The Hall–Kier alpha value is -1.02. The van der Waals surface area contributed by atoms with Gasteiger partial charge in [0.1, 0.15) is 5.75 Å². The van der Waals surface area contributed by atoms with Crippen LogP contribution in [0, 0.1) is 5.92 Å². The summed E-state index contributed by atoms with van der Waals surface area (Å²) in [7, 11) is 1.75. The molecule has 1 aromatic rings. The molecule has 0 unspecified atom stereocenters. The minimum Gasteiger partial charge on any atom is -0.497 e. The van der Waals surface area contributed by atoms with Crippen molar-refractivity contribution < 1.29 is 4.74 Å². The smallest absolute Gasteiger partial charge is 0.119 e. The average molecular weight is 259 g/mol. The van der Waals surface area contributed by atoms with Crippen molar-refractivity contribution in [3.63, 3.8) is 0 Å². The molecular formula is C17H25NO. The molecule has 104 valence electrons. The van der Waals surface area contributed by atoms with Gasteiger partial charge < -0.3 is 4.74 Å². The fourth-order valence-electron chi connectivity index (χ4n) is 3.61. The number of nitrogens with zero attached hydrogens (tertiary/aromatic N) is 1. The van der Waals surface area contributed by atoms with Crippen LogP contribution in [0.25, 0.3) is 0 Å². The van der Waals surface area contributed by atoms with Crippen LogP contribution in [0.3, 0.4) is 0 Å². The third kappa shape index (κ3) is 3.11. The van der Waals surface area contributed by atoms with Gasteiger partial charge in [0.2, 0.25) is 0 Å². The Labute approximate surface area is 116 Å². The van der Waals surface area contributed by atoms with E-state index in [1.165, 1.54) is 62.7 Å². The standard InChI is InChI=1S/C17H25NO/c1-19-17-8-7-15-9-10-18(13-16(15)11-17)12-14-5-3-2-4-6-14/h7-8,11,14H,2-6,9-10,12-13H2,1H3. The van der Waals surface area contributed by atoms with Crippen molar-refractivity contribution in [2.75, 3.05) is 20.2 Å². The van der Waals surface area contributed by atoms with Crippen molar-refractivity contribution in [2.24, 2.45) is 5.92 Å². The molecule has 1 fully saturated rings. The van der Waals surface area contributed by atoms with E-state index < -0.39 is 0 Å². The normalized spacial score (nSPS) is 21.1. The summed E-state index contributed by atoms with van der Waals surface area (Å²) in [5.41, 5.74) is 2.99. The Balaban J connectivity index is 1.63. The molecule has 0 saturated heterocycles. The van der Waals surface area contributed by atoms with Crippen molar-refractivity contribution in [1.29, 1.82) is 0 Å². The van der Waals surface area contributed by atoms with E-state index in [9.17, 15) is 0 Å². The van der Waals surface area contributed by atoms with Gasteiger partial charge >= 0.3 is 0 Å². The van der Waals surface area contributed by atoms with E-state index in [0.717, 1.165) is 18.2 Å². The van der Waals surface area contributed by atoms with Crippen LogP contribution in [0.5, 0.6) is 5.75 Å². The first-order chi connectivity index (χ1) is 9.35. The lowest BCUT2D eigenvalue weighted by Gasteiger charge is -2.33. The maximum Gasteiger partial charge on any atom is 0.119 e. The minimum atomic E-state index is 0.945. The van der Waals surface area contributed by atoms with Gasteiger partial charge in [-0.1, -0.05) is 25.3 Å². The van der Waals surface area contributed by atoms with Gasteiger partial charge in [-0.25, -0.2) is 0 Å². The zero-order valence-electron chi connectivity index (χ0n) is 12.0. The summed E-state index contributed by atoms with van der Waals surface area (Å²) in [6.07, 6.45) is 8.44. The summed E-state index contributed by atoms with van der Waals surface area (Å²) in [6, 6.07) is 6.56. The first-order valence-electron chi connectivity index (χ1n) is 7.73. The molecule has 0 amide bonds. The molecule has 0 atom stereocenters. The highest BCUT2D eigenvalue weighted by molar-refractivity contribution is 5.37. The maximum absolute atomic E-state index is 5.35. The zero-order chi connectivity index (χ0) is 13.1. The first kappa shape index (κ1) is 13.0. The molecule has 0 aromatic heterocycles. The first-order valence-corrected chi connectivity index (χ1v) is 7.73. The second-order valence-corrected chi connectivity index (χ2v) is 6.12. The Morgan fingerprint density at radius 3 is 2.79 bits per heavy atom. The fourth-order valence-corrected chi connectivity index (χ4v) is 3.61. The van der Waals surface area contributed by atoms with Crippen LogP contribution in [-0.4, -0.2) is 25.1 Å². The van der Waals surface area contributed by atoms with Crippen molar-refractivity contribution in [3.05, 3.63) is 29.3 Å². The summed E-state index contributed by atoms with van der Waals surface area (Å²) in [4.78, 5) is 2.65. The summed E-state index contributed by atoms with van der Waals surface area (Å²) < 4.78 is 5.35. The minimum absolute atomic E-state index is 0.945. The van der Waals surface area contributed by atoms with Gasteiger partial charge in [0.15, 0.2) is 0 Å². The van der Waals surface area contributed by atoms with Gasteiger partial charge in [-0.15, -0.1) is 0 Å². The Morgan fingerprint density at radius 1 is 1.16 bits per heavy atom. The molecule has 0 radical (unpaired) electrons. The maximum atomic E-state index is 5.35. The second kappa shape index (κ2) is 5.96. The predicted molar refractivity (Wildman–Crippen MR) is 78.6 cm³/mol. The van der Waals surface area contributed by atoms with E-state index in [2.05, 4.69) is 23.1 Å². The van der Waals surface area contributed by atoms with E-state index >= 15 is 0 Å². The number of benzene rings is 1. The zero-order valence-corrected chi connectivity index (χ0v) is 12.0. The van der Waals surface area contributed by atoms with Crippen LogP contribution < -0.4 is 4.74 Å². The highest BCUT2D eigenvalue weighted by Gasteiger charge is 2.21. The fraction of sp³-hybridized carbons (Fsp3) is 0.647.